The summed E-state index contributed by atoms with van der Waals surface area (Å²) in [6.07, 6.45) is -4.87. The molecule has 30 heavy (non-hydrogen) atoms. The highest BCUT2D eigenvalue weighted by Crippen LogP contribution is 2.29. The third-order valence-electron chi connectivity index (χ3n) is 4.18. The van der Waals surface area contributed by atoms with Gasteiger partial charge in [0.1, 0.15) is 16.9 Å². The number of hydrogen-bond donors (Lipinski definition) is 1. The van der Waals surface area contributed by atoms with Gasteiger partial charge in [0.05, 0.1) is 0 Å². The zero-order valence-corrected chi connectivity index (χ0v) is 16.5. The van der Waals surface area contributed by atoms with Crippen LogP contribution in [0.25, 0.3) is 11.0 Å². The quantitative estimate of drug-likeness (QED) is 0.623. The lowest BCUT2D eigenvalue weighted by atomic mass is 10.1. The van der Waals surface area contributed by atoms with Crippen LogP contribution in [-0.2, 0) is 6.54 Å². The molecule has 9 heteroatoms. The number of rotatable bonds is 5. The second-order valence-electron chi connectivity index (χ2n) is 7.04. The maximum Gasteiger partial charge on any atom is 0.573 e. The van der Waals surface area contributed by atoms with Crippen molar-refractivity contribution >= 4 is 22.6 Å². The number of carbonyl (C=O) groups is 1. The van der Waals surface area contributed by atoms with Crippen LogP contribution in [0.1, 0.15) is 21.5 Å². The van der Waals surface area contributed by atoms with E-state index in [0.29, 0.717) is 5.69 Å². The van der Waals surface area contributed by atoms with Crippen molar-refractivity contribution in [3.8, 4) is 5.75 Å². The van der Waals surface area contributed by atoms with E-state index in [1.54, 1.807) is 12.1 Å². The van der Waals surface area contributed by atoms with Gasteiger partial charge in [0.2, 0.25) is 0 Å². The fraction of sp³-hybridized carbons (Fsp3) is 0.238. The molecule has 6 nitrogen and oxygen atoms in total. The highest BCUT2D eigenvalue weighted by atomic mass is 19.4. The molecule has 3 rings (SSSR count). The molecule has 0 fully saturated rings. The Bertz CT molecular complexity index is 1140. The smallest absolute Gasteiger partial charge is 0.422 e. The van der Waals surface area contributed by atoms with Gasteiger partial charge in [-0.1, -0.05) is 12.1 Å². The van der Waals surface area contributed by atoms with Crippen LogP contribution < -0.4 is 15.7 Å². The van der Waals surface area contributed by atoms with E-state index >= 15 is 0 Å². The molecule has 1 heterocycles. The molecular formula is C21H19F3N2O4. The van der Waals surface area contributed by atoms with E-state index in [2.05, 4.69) is 10.1 Å². The molecule has 2 aromatic carbocycles. The highest BCUT2D eigenvalue weighted by Gasteiger charge is 2.31. The van der Waals surface area contributed by atoms with Gasteiger partial charge >= 0.3 is 12.0 Å². The number of carbonyl (C=O) groups excluding carboxylic acids is 1. The normalized spacial score (nSPS) is 11.7. The van der Waals surface area contributed by atoms with Crippen molar-refractivity contribution in [1.29, 1.82) is 0 Å². The molecule has 0 aliphatic rings. The molecule has 0 saturated carbocycles. The molecule has 1 N–H and O–H groups in total. The maximum absolute atomic E-state index is 12.5. The molecule has 0 aliphatic carbocycles. The Morgan fingerprint density at radius 1 is 1.13 bits per heavy atom. The Morgan fingerprint density at radius 2 is 1.80 bits per heavy atom. The average Bonchev–Trinajstić information content (AvgIpc) is 2.62. The second-order valence-corrected chi connectivity index (χ2v) is 7.04. The molecular weight excluding hydrogens is 401 g/mol. The minimum absolute atomic E-state index is 0.0825. The number of fused-ring (bicyclic) bond motifs is 1. The van der Waals surface area contributed by atoms with Crippen LogP contribution in [-0.4, -0.2) is 31.3 Å². The molecule has 0 radical (unpaired) electrons. The number of alkyl halides is 3. The van der Waals surface area contributed by atoms with Crippen molar-refractivity contribution in [2.45, 2.75) is 19.8 Å². The summed E-state index contributed by atoms with van der Waals surface area (Å²) in [5, 5.41) is 2.73. The van der Waals surface area contributed by atoms with Crippen molar-refractivity contribution < 1.29 is 27.1 Å². The summed E-state index contributed by atoms with van der Waals surface area (Å²) < 4.78 is 46.7. The monoisotopic (exact) mass is 420 g/mol. The first-order chi connectivity index (χ1) is 14.0. The molecule has 0 atom stereocenters. The molecule has 1 aromatic heterocycles. The maximum atomic E-state index is 12.5. The third kappa shape index (κ3) is 5.18. The summed E-state index contributed by atoms with van der Waals surface area (Å²) in [6.45, 7) is 2.20. The predicted octanol–water partition coefficient (Wildman–Crippen LogP) is 4.31. The Hall–Kier alpha value is -3.33. The molecule has 0 saturated heterocycles. The number of benzene rings is 2. The van der Waals surface area contributed by atoms with Crippen LogP contribution in [0.2, 0.25) is 0 Å². The van der Waals surface area contributed by atoms with E-state index in [-0.39, 0.29) is 22.1 Å². The molecule has 3 aromatic rings. The number of aryl methyl sites for hydroxylation is 1. The van der Waals surface area contributed by atoms with E-state index in [1.165, 1.54) is 13.0 Å². The van der Waals surface area contributed by atoms with Gasteiger partial charge in [0.15, 0.2) is 0 Å². The van der Waals surface area contributed by atoms with Gasteiger partial charge in [-0.3, -0.25) is 4.79 Å². The predicted molar refractivity (Wildman–Crippen MR) is 106 cm³/mol. The lowest BCUT2D eigenvalue weighted by Crippen LogP contribution is -2.21. The third-order valence-corrected chi connectivity index (χ3v) is 4.18. The van der Waals surface area contributed by atoms with Crippen LogP contribution in [0, 0.1) is 6.92 Å². The summed E-state index contributed by atoms with van der Waals surface area (Å²) in [5.74, 6) is -1.20. The second kappa shape index (κ2) is 8.19. The van der Waals surface area contributed by atoms with E-state index in [9.17, 15) is 22.8 Å². The minimum atomic E-state index is -4.87. The topological polar surface area (TPSA) is 71.8 Å². The molecule has 158 valence electrons. The highest BCUT2D eigenvalue weighted by molar-refractivity contribution is 6.05. The van der Waals surface area contributed by atoms with Crippen LogP contribution in [0.3, 0.4) is 0 Å². The number of anilines is 1. The van der Waals surface area contributed by atoms with Gasteiger partial charge in [-0.05, 0) is 62.5 Å². The molecule has 0 aliphatic heterocycles. The molecule has 0 bridgehead atoms. The van der Waals surface area contributed by atoms with Gasteiger partial charge in [0.25, 0.3) is 5.91 Å². The van der Waals surface area contributed by atoms with Crippen molar-refractivity contribution in [1.82, 2.24) is 4.90 Å². The molecule has 0 unspecified atom stereocenters. The number of nitrogens with zero attached hydrogens (tertiary/aromatic N) is 1. The van der Waals surface area contributed by atoms with Crippen LogP contribution in [0.5, 0.6) is 5.75 Å². The van der Waals surface area contributed by atoms with Crippen molar-refractivity contribution in [2.75, 3.05) is 19.4 Å². The summed E-state index contributed by atoms with van der Waals surface area (Å²) in [6, 6.07) is 10.4. The Labute approximate surface area is 169 Å². The largest absolute Gasteiger partial charge is 0.573 e. The Kier molecular flexibility index (Phi) is 5.84. The van der Waals surface area contributed by atoms with Gasteiger partial charge in [-0.2, -0.15) is 0 Å². The van der Waals surface area contributed by atoms with Crippen molar-refractivity contribution in [3.63, 3.8) is 0 Å². The Balaban J connectivity index is 1.89. The summed E-state index contributed by atoms with van der Waals surface area (Å²) >= 11 is 0. The standard InChI is InChI=1S/C21H19F3N2O4/c1-12-8-16(30-21(22,23)24)9-14-10-17(20(28)29-18(12)14)19(27)25-15-6-4-13(5-7-15)11-26(2)3/h4-10H,11H2,1-3H3,(H,25,27). The fourth-order valence-corrected chi connectivity index (χ4v) is 2.98. The lowest BCUT2D eigenvalue weighted by Gasteiger charge is -2.12. The van der Waals surface area contributed by atoms with Crippen LogP contribution in [0.15, 0.2) is 51.7 Å². The van der Waals surface area contributed by atoms with E-state index in [1.807, 2.05) is 31.1 Å². The first-order valence-electron chi connectivity index (χ1n) is 8.91. The van der Waals surface area contributed by atoms with Gasteiger partial charge in [-0.25, -0.2) is 4.79 Å². The first-order valence-corrected chi connectivity index (χ1v) is 8.91. The zero-order valence-electron chi connectivity index (χ0n) is 16.5. The van der Waals surface area contributed by atoms with E-state index in [0.717, 1.165) is 24.2 Å². The van der Waals surface area contributed by atoms with Crippen LogP contribution in [0.4, 0.5) is 18.9 Å². The van der Waals surface area contributed by atoms with Crippen molar-refractivity contribution in [3.05, 3.63) is 69.6 Å². The Morgan fingerprint density at radius 3 is 2.40 bits per heavy atom. The van der Waals surface area contributed by atoms with E-state index in [4.69, 9.17) is 4.42 Å². The first kappa shape index (κ1) is 21.4. The number of hydrogen-bond acceptors (Lipinski definition) is 5. The number of ether oxygens (including phenoxy) is 1. The number of nitrogens with one attached hydrogen (secondary N) is 1. The molecule has 0 spiro atoms. The number of amides is 1. The van der Waals surface area contributed by atoms with Gasteiger partial charge in [0, 0.05) is 17.6 Å². The minimum Gasteiger partial charge on any atom is -0.422 e. The molecule has 1 amide bonds. The summed E-state index contributed by atoms with van der Waals surface area (Å²) in [4.78, 5) is 26.8. The van der Waals surface area contributed by atoms with E-state index < -0.39 is 23.6 Å². The summed E-state index contributed by atoms with van der Waals surface area (Å²) in [5.41, 5.74) is 0.634. The lowest BCUT2D eigenvalue weighted by molar-refractivity contribution is -0.274. The van der Waals surface area contributed by atoms with Crippen molar-refractivity contribution in [2.24, 2.45) is 0 Å². The van der Waals surface area contributed by atoms with Gasteiger partial charge < -0.3 is 19.4 Å². The zero-order chi connectivity index (χ0) is 22.1. The summed E-state index contributed by atoms with van der Waals surface area (Å²) in [7, 11) is 3.86. The van der Waals surface area contributed by atoms with Gasteiger partial charge in [-0.15, -0.1) is 13.2 Å². The van der Waals surface area contributed by atoms with Crippen LogP contribution >= 0.6 is 0 Å². The number of halogens is 3. The average molecular weight is 420 g/mol. The SMILES string of the molecule is Cc1cc(OC(F)(F)F)cc2cc(C(=O)Nc3ccc(CN(C)C)cc3)c(=O)oc12. The fourth-order valence-electron chi connectivity index (χ4n) is 2.98.